The largest absolute Gasteiger partial charge is 0.479 e. The number of carboxylic acid groups (broad SMARTS) is 1. The smallest absolute Gasteiger partial charge is 0.332 e. The number of carbonyl (C=O) groups is 1. The minimum Gasteiger partial charge on any atom is -0.479 e. The lowest BCUT2D eigenvalue weighted by atomic mass is 10.2. The third-order valence-electron chi connectivity index (χ3n) is 2.56. The molecule has 0 spiro atoms. The second-order valence-electron chi connectivity index (χ2n) is 4.53. The number of nitrogens with zero attached hydrogens (tertiary/aromatic N) is 2. The van der Waals surface area contributed by atoms with Crippen LogP contribution in [-0.2, 0) is 9.53 Å². The van der Waals surface area contributed by atoms with Gasteiger partial charge in [-0.3, -0.25) is 0 Å². The summed E-state index contributed by atoms with van der Waals surface area (Å²) in [6, 6.07) is 0. The van der Waals surface area contributed by atoms with Crippen molar-refractivity contribution in [2.75, 3.05) is 47.4 Å². The summed E-state index contributed by atoms with van der Waals surface area (Å²) >= 11 is 0. The maximum atomic E-state index is 10.9. The zero-order chi connectivity index (χ0) is 13.3. The Bertz CT molecular complexity index is 210. The van der Waals surface area contributed by atoms with Gasteiger partial charge in [-0.2, -0.15) is 0 Å². The lowest BCUT2D eigenvalue weighted by molar-refractivity contribution is -0.150. The van der Waals surface area contributed by atoms with Gasteiger partial charge in [-0.25, -0.2) is 4.79 Å². The van der Waals surface area contributed by atoms with Crippen LogP contribution in [0.5, 0.6) is 0 Å². The molecule has 0 amide bonds. The van der Waals surface area contributed by atoms with Crippen molar-refractivity contribution in [3.8, 4) is 0 Å². The molecule has 1 atom stereocenters. The van der Waals surface area contributed by atoms with E-state index in [1.165, 1.54) is 0 Å². The van der Waals surface area contributed by atoms with Crippen LogP contribution in [0, 0.1) is 0 Å². The van der Waals surface area contributed by atoms with Crippen molar-refractivity contribution >= 4 is 5.97 Å². The highest BCUT2D eigenvalue weighted by molar-refractivity contribution is 5.72. The summed E-state index contributed by atoms with van der Waals surface area (Å²) in [4.78, 5) is 15.2. The van der Waals surface area contributed by atoms with Gasteiger partial charge in [-0.15, -0.1) is 0 Å². The predicted octanol–water partition coefficient (Wildman–Crippen LogP) is 0.750. The number of rotatable bonds is 10. The van der Waals surface area contributed by atoms with E-state index in [0.717, 1.165) is 26.1 Å². The molecule has 0 aliphatic heterocycles. The molecule has 17 heavy (non-hydrogen) atoms. The standard InChI is InChI=1S/C12H26N2O3/c1-5-17-11(12(15)16)7-10-14(4)9-6-8-13(2)3/h11H,5-10H2,1-4H3,(H,15,16). The first-order valence-corrected chi connectivity index (χ1v) is 6.15. The summed E-state index contributed by atoms with van der Waals surface area (Å²) in [6.07, 6.45) is 0.966. The second-order valence-corrected chi connectivity index (χ2v) is 4.53. The molecule has 1 unspecified atom stereocenters. The monoisotopic (exact) mass is 246 g/mol. The Hall–Kier alpha value is -0.650. The molecule has 1 N–H and O–H groups in total. The fourth-order valence-corrected chi connectivity index (χ4v) is 1.59. The fraction of sp³-hybridized carbons (Fsp3) is 0.917. The van der Waals surface area contributed by atoms with Gasteiger partial charge < -0.3 is 19.6 Å². The highest BCUT2D eigenvalue weighted by Gasteiger charge is 2.17. The summed E-state index contributed by atoms with van der Waals surface area (Å²) in [5.74, 6) is -0.867. The fourth-order valence-electron chi connectivity index (χ4n) is 1.59. The normalized spacial score (nSPS) is 13.3. The molecule has 5 nitrogen and oxygen atoms in total. The number of hydrogen-bond acceptors (Lipinski definition) is 4. The third kappa shape index (κ3) is 9.09. The minimum absolute atomic E-state index is 0.446. The molecule has 0 bridgehead atoms. The molecule has 102 valence electrons. The van der Waals surface area contributed by atoms with E-state index in [9.17, 15) is 4.79 Å². The van der Waals surface area contributed by atoms with E-state index in [2.05, 4.69) is 23.9 Å². The van der Waals surface area contributed by atoms with E-state index in [1.807, 2.05) is 14.0 Å². The molecule has 0 heterocycles. The van der Waals surface area contributed by atoms with E-state index in [4.69, 9.17) is 9.84 Å². The zero-order valence-corrected chi connectivity index (χ0v) is 11.5. The average Bonchev–Trinajstić information content (AvgIpc) is 2.23. The van der Waals surface area contributed by atoms with Crippen LogP contribution in [0.15, 0.2) is 0 Å². The molecule has 0 aromatic rings. The van der Waals surface area contributed by atoms with Gasteiger partial charge in [0.05, 0.1) is 0 Å². The van der Waals surface area contributed by atoms with Crippen molar-refractivity contribution in [1.29, 1.82) is 0 Å². The molecule has 0 radical (unpaired) electrons. The molecular weight excluding hydrogens is 220 g/mol. The van der Waals surface area contributed by atoms with E-state index < -0.39 is 12.1 Å². The van der Waals surface area contributed by atoms with Crippen molar-refractivity contribution in [2.24, 2.45) is 0 Å². The molecule has 0 aromatic carbocycles. The summed E-state index contributed by atoms with van der Waals surface area (Å²) in [5, 5.41) is 8.92. The van der Waals surface area contributed by atoms with Gasteiger partial charge in [0.15, 0.2) is 6.10 Å². The van der Waals surface area contributed by atoms with Crippen molar-refractivity contribution in [1.82, 2.24) is 9.80 Å². The second kappa shape index (κ2) is 9.39. The topological polar surface area (TPSA) is 53.0 Å². The predicted molar refractivity (Wildman–Crippen MR) is 68.3 cm³/mol. The molecule has 0 saturated carbocycles. The first-order valence-electron chi connectivity index (χ1n) is 6.15. The van der Waals surface area contributed by atoms with Crippen LogP contribution in [0.2, 0.25) is 0 Å². The van der Waals surface area contributed by atoms with Gasteiger partial charge in [-0.05, 0) is 54.0 Å². The van der Waals surface area contributed by atoms with Crippen molar-refractivity contribution in [3.63, 3.8) is 0 Å². The van der Waals surface area contributed by atoms with Gasteiger partial charge in [-0.1, -0.05) is 0 Å². The Balaban J connectivity index is 3.72. The minimum atomic E-state index is -0.867. The first-order chi connectivity index (χ1) is 7.97. The lowest BCUT2D eigenvalue weighted by Gasteiger charge is -2.20. The first kappa shape index (κ1) is 16.4. The molecule has 0 saturated heterocycles. The van der Waals surface area contributed by atoms with Crippen LogP contribution in [0.3, 0.4) is 0 Å². The molecule has 0 aliphatic rings. The van der Waals surface area contributed by atoms with Crippen LogP contribution in [0.25, 0.3) is 0 Å². The third-order valence-corrected chi connectivity index (χ3v) is 2.56. The van der Waals surface area contributed by atoms with E-state index >= 15 is 0 Å². The Morgan fingerprint density at radius 1 is 1.24 bits per heavy atom. The number of hydrogen-bond donors (Lipinski definition) is 1. The summed E-state index contributed by atoms with van der Waals surface area (Å²) < 4.78 is 5.16. The van der Waals surface area contributed by atoms with Crippen LogP contribution in [-0.4, -0.2) is 74.4 Å². The Morgan fingerprint density at radius 2 is 1.88 bits per heavy atom. The number of ether oxygens (including phenoxy) is 1. The Morgan fingerprint density at radius 3 is 2.35 bits per heavy atom. The van der Waals surface area contributed by atoms with Crippen LogP contribution < -0.4 is 0 Å². The van der Waals surface area contributed by atoms with Gasteiger partial charge in [0.1, 0.15) is 0 Å². The maximum Gasteiger partial charge on any atom is 0.332 e. The van der Waals surface area contributed by atoms with Crippen molar-refractivity contribution in [2.45, 2.75) is 25.9 Å². The molecule has 0 rings (SSSR count). The number of carboxylic acids is 1. The summed E-state index contributed by atoms with van der Waals surface area (Å²) in [5.41, 5.74) is 0. The van der Waals surface area contributed by atoms with E-state index in [1.54, 1.807) is 0 Å². The highest BCUT2D eigenvalue weighted by Crippen LogP contribution is 2.01. The summed E-state index contributed by atoms with van der Waals surface area (Å²) in [7, 11) is 6.12. The van der Waals surface area contributed by atoms with Gasteiger partial charge in [0, 0.05) is 13.2 Å². The SMILES string of the molecule is CCOC(CCN(C)CCCN(C)C)C(=O)O. The van der Waals surface area contributed by atoms with Crippen molar-refractivity contribution in [3.05, 3.63) is 0 Å². The molecular formula is C12H26N2O3. The van der Waals surface area contributed by atoms with E-state index in [0.29, 0.717) is 13.0 Å². The van der Waals surface area contributed by atoms with Crippen molar-refractivity contribution < 1.29 is 14.6 Å². The average molecular weight is 246 g/mol. The molecule has 0 fully saturated rings. The van der Waals surface area contributed by atoms with Crippen LogP contribution >= 0.6 is 0 Å². The molecule has 0 aliphatic carbocycles. The molecule has 5 heteroatoms. The molecule has 0 aromatic heterocycles. The van der Waals surface area contributed by atoms with Gasteiger partial charge >= 0.3 is 5.97 Å². The lowest BCUT2D eigenvalue weighted by Crippen LogP contribution is -2.31. The Labute approximate surface area is 104 Å². The van der Waals surface area contributed by atoms with Gasteiger partial charge in [0.25, 0.3) is 0 Å². The van der Waals surface area contributed by atoms with E-state index in [-0.39, 0.29) is 0 Å². The van der Waals surface area contributed by atoms with Crippen LogP contribution in [0.4, 0.5) is 0 Å². The quantitative estimate of drug-likeness (QED) is 0.616. The zero-order valence-electron chi connectivity index (χ0n) is 11.5. The highest BCUT2D eigenvalue weighted by atomic mass is 16.5. The number of aliphatic carboxylic acids is 1. The van der Waals surface area contributed by atoms with Gasteiger partial charge in [0.2, 0.25) is 0 Å². The Kier molecular flexibility index (Phi) is 9.03. The van der Waals surface area contributed by atoms with Crippen LogP contribution in [0.1, 0.15) is 19.8 Å². The maximum absolute atomic E-state index is 10.9. The summed E-state index contributed by atoms with van der Waals surface area (Å²) in [6.45, 7) is 5.05.